The monoisotopic (exact) mass is 444 g/mol. The molecule has 0 aliphatic carbocycles. The molecular formula is C24H32N2O4S. The first-order valence-electron chi connectivity index (χ1n) is 10.8. The fourth-order valence-corrected chi connectivity index (χ4v) is 5.54. The van der Waals surface area contributed by atoms with Gasteiger partial charge in [0, 0.05) is 32.1 Å². The number of nitrogens with zero attached hydrogens (tertiary/aromatic N) is 2. The molecular weight excluding hydrogens is 412 g/mol. The van der Waals surface area contributed by atoms with Gasteiger partial charge >= 0.3 is 0 Å². The minimum absolute atomic E-state index is 0.00760. The molecule has 1 amide bonds. The highest BCUT2D eigenvalue weighted by Crippen LogP contribution is 2.26. The molecule has 7 heteroatoms. The molecule has 1 aliphatic rings. The number of carbonyl (C=O) groups is 1. The largest absolute Gasteiger partial charge is 0.395 e. The number of carbonyl (C=O) groups excluding carboxylic acids is 1. The molecule has 0 unspecified atom stereocenters. The zero-order valence-electron chi connectivity index (χ0n) is 18.3. The van der Waals surface area contributed by atoms with Crippen LogP contribution in [-0.2, 0) is 21.2 Å². The molecule has 0 saturated carbocycles. The molecule has 0 spiro atoms. The lowest BCUT2D eigenvalue weighted by Crippen LogP contribution is -2.45. The number of hydrogen-bond acceptors (Lipinski definition) is 4. The Morgan fingerprint density at radius 1 is 1.03 bits per heavy atom. The summed E-state index contributed by atoms with van der Waals surface area (Å²) in [5.74, 6) is -0.207. The van der Waals surface area contributed by atoms with Crippen molar-refractivity contribution < 1.29 is 18.3 Å². The van der Waals surface area contributed by atoms with Crippen LogP contribution in [0.1, 0.15) is 29.5 Å². The Kier molecular flexibility index (Phi) is 7.86. The Hall–Kier alpha value is -2.22. The van der Waals surface area contributed by atoms with Crippen molar-refractivity contribution in [3.63, 3.8) is 0 Å². The first kappa shape index (κ1) is 23.4. The van der Waals surface area contributed by atoms with Crippen LogP contribution in [-0.4, -0.2) is 61.4 Å². The summed E-state index contributed by atoms with van der Waals surface area (Å²) in [4.78, 5) is 15.1. The number of aliphatic hydroxyl groups excluding tert-OH is 1. The minimum atomic E-state index is -3.56. The van der Waals surface area contributed by atoms with Gasteiger partial charge in [0.2, 0.25) is 15.9 Å². The average molecular weight is 445 g/mol. The molecule has 0 atom stereocenters. The van der Waals surface area contributed by atoms with Crippen molar-refractivity contribution >= 4 is 15.9 Å². The molecule has 31 heavy (non-hydrogen) atoms. The number of sulfonamides is 1. The number of piperidine rings is 1. The van der Waals surface area contributed by atoms with Gasteiger partial charge in [-0.15, -0.1) is 0 Å². The van der Waals surface area contributed by atoms with Crippen LogP contribution in [0.3, 0.4) is 0 Å². The van der Waals surface area contributed by atoms with E-state index in [9.17, 15) is 18.3 Å². The van der Waals surface area contributed by atoms with Crippen LogP contribution in [0.25, 0.3) is 0 Å². The van der Waals surface area contributed by atoms with Gasteiger partial charge in [0.25, 0.3) is 0 Å². The molecule has 1 saturated heterocycles. The van der Waals surface area contributed by atoms with Crippen LogP contribution in [0.2, 0.25) is 0 Å². The van der Waals surface area contributed by atoms with Crippen molar-refractivity contribution in [3.8, 4) is 0 Å². The Morgan fingerprint density at radius 2 is 1.71 bits per heavy atom. The lowest BCUT2D eigenvalue weighted by Gasteiger charge is -2.33. The van der Waals surface area contributed by atoms with Crippen LogP contribution >= 0.6 is 0 Å². The van der Waals surface area contributed by atoms with E-state index in [4.69, 9.17) is 0 Å². The molecule has 6 nitrogen and oxygen atoms in total. The van der Waals surface area contributed by atoms with Gasteiger partial charge in [-0.05, 0) is 61.9 Å². The first-order chi connectivity index (χ1) is 14.8. The summed E-state index contributed by atoms with van der Waals surface area (Å²) in [7, 11) is -3.56. The molecule has 0 bridgehead atoms. The average Bonchev–Trinajstić information content (AvgIpc) is 2.78. The van der Waals surface area contributed by atoms with Crippen molar-refractivity contribution in [2.75, 3.05) is 32.8 Å². The van der Waals surface area contributed by atoms with E-state index in [2.05, 4.69) is 0 Å². The highest BCUT2D eigenvalue weighted by molar-refractivity contribution is 7.89. The van der Waals surface area contributed by atoms with Crippen molar-refractivity contribution in [3.05, 3.63) is 65.2 Å². The topological polar surface area (TPSA) is 77.9 Å². The van der Waals surface area contributed by atoms with Crippen LogP contribution in [0.15, 0.2) is 53.4 Å². The summed E-state index contributed by atoms with van der Waals surface area (Å²) < 4.78 is 27.5. The molecule has 1 heterocycles. The summed E-state index contributed by atoms with van der Waals surface area (Å²) in [6, 6.07) is 15.2. The van der Waals surface area contributed by atoms with Gasteiger partial charge in [-0.25, -0.2) is 8.42 Å². The van der Waals surface area contributed by atoms with Crippen LogP contribution in [0.5, 0.6) is 0 Å². The first-order valence-corrected chi connectivity index (χ1v) is 12.3. The predicted molar refractivity (Wildman–Crippen MR) is 121 cm³/mol. The molecule has 3 rings (SSSR count). The Morgan fingerprint density at radius 3 is 2.32 bits per heavy atom. The molecule has 1 N–H and O–H groups in total. The summed E-state index contributed by atoms with van der Waals surface area (Å²) in [6.07, 6.45) is 1.72. The molecule has 0 aromatic heterocycles. The lowest BCUT2D eigenvalue weighted by atomic mass is 9.96. The number of aryl methyl sites for hydroxylation is 2. The highest BCUT2D eigenvalue weighted by Gasteiger charge is 2.33. The molecule has 1 aliphatic heterocycles. The van der Waals surface area contributed by atoms with Gasteiger partial charge in [-0.2, -0.15) is 4.31 Å². The zero-order valence-corrected chi connectivity index (χ0v) is 19.1. The maximum absolute atomic E-state index is 13.1. The third-order valence-corrected chi connectivity index (χ3v) is 8.01. The molecule has 1 fully saturated rings. The summed E-state index contributed by atoms with van der Waals surface area (Å²) in [5, 5.41) is 9.42. The van der Waals surface area contributed by atoms with Crippen molar-refractivity contribution in [1.29, 1.82) is 0 Å². The van der Waals surface area contributed by atoms with Gasteiger partial charge in [-0.3, -0.25) is 4.79 Å². The Balaban J connectivity index is 1.61. The highest BCUT2D eigenvalue weighted by atomic mass is 32.2. The van der Waals surface area contributed by atoms with Gasteiger partial charge in [0.1, 0.15) is 0 Å². The van der Waals surface area contributed by atoms with Crippen LogP contribution in [0.4, 0.5) is 0 Å². The van der Waals surface area contributed by atoms with E-state index in [1.165, 1.54) is 4.31 Å². The second-order valence-corrected chi connectivity index (χ2v) is 10.1. The second kappa shape index (κ2) is 10.4. The van der Waals surface area contributed by atoms with E-state index < -0.39 is 10.0 Å². The molecule has 168 valence electrons. The minimum Gasteiger partial charge on any atom is -0.395 e. The predicted octanol–water partition coefficient (Wildman–Crippen LogP) is 2.77. The molecule has 2 aromatic rings. The smallest absolute Gasteiger partial charge is 0.243 e. The van der Waals surface area contributed by atoms with E-state index in [1.807, 2.05) is 50.2 Å². The molecule has 0 radical (unpaired) electrons. The standard InChI is InChI=1S/C24H32N2O4S/c1-19-8-9-23(18-20(19)2)31(29,30)26-14-11-22(12-15-26)24(28)25(16-17-27)13-10-21-6-4-3-5-7-21/h3-9,18,22,27H,10-17H2,1-2H3. The van der Waals surface area contributed by atoms with E-state index in [-0.39, 0.29) is 18.4 Å². The maximum Gasteiger partial charge on any atom is 0.243 e. The van der Waals surface area contributed by atoms with Crippen molar-refractivity contribution in [2.45, 2.75) is 38.0 Å². The van der Waals surface area contributed by atoms with E-state index in [1.54, 1.807) is 17.0 Å². The van der Waals surface area contributed by atoms with Gasteiger partial charge in [-0.1, -0.05) is 36.4 Å². The van der Waals surface area contributed by atoms with Gasteiger partial charge in [0.05, 0.1) is 11.5 Å². The number of aliphatic hydroxyl groups is 1. The third kappa shape index (κ3) is 5.73. The van der Waals surface area contributed by atoms with Crippen LogP contribution < -0.4 is 0 Å². The van der Waals surface area contributed by atoms with E-state index >= 15 is 0 Å². The number of hydrogen-bond donors (Lipinski definition) is 1. The van der Waals surface area contributed by atoms with Crippen molar-refractivity contribution in [1.82, 2.24) is 9.21 Å². The maximum atomic E-state index is 13.1. The summed E-state index contributed by atoms with van der Waals surface area (Å²) >= 11 is 0. The summed E-state index contributed by atoms with van der Waals surface area (Å²) in [5.41, 5.74) is 3.15. The van der Waals surface area contributed by atoms with E-state index in [0.29, 0.717) is 43.9 Å². The van der Waals surface area contributed by atoms with E-state index in [0.717, 1.165) is 23.1 Å². The lowest BCUT2D eigenvalue weighted by molar-refractivity contribution is -0.137. The summed E-state index contributed by atoms with van der Waals surface area (Å²) in [6.45, 7) is 5.29. The fourth-order valence-electron chi connectivity index (χ4n) is 3.99. The quantitative estimate of drug-likeness (QED) is 0.679. The van der Waals surface area contributed by atoms with Gasteiger partial charge in [0.15, 0.2) is 0 Å². The number of rotatable bonds is 8. The van der Waals surface area contributed by atoms with Gasteiger partial charge < -0.3 is 10.0 Å². The van der Waals surface area contributed by atoms with Crippen LogP contribution in [0, 0.1) is 19.8 Å². The fraction of sp³-hybridized carbons (Fsp3) is 0.458. The second-order valence-electron chi connectivity index (χ2n) is 8.21. The number of amides is 1. The SMILES string of the molecule is Cc1ccc(S(=O)(=O)N2CCC(C(=O)N(CCO)CCc3ccccc3)CC2)cc1C. The normalized spacial score (nSPS) is 15.7. The third-order valence-electron chi connectivity index (χ3n) is 6.11. The molecule has 2 aromatic carbocycles. The zero-order chi connectivity index (χ0) is 22.4. The Labute approximate surface area is 185 Å². The number of benzene rings is 2. The van der Waals surface area contributed by atoms with Crippen molar-refractivity contribution in [2.24, 2.45) is 5.92 Å². The Bertz CT molecular complexity index is 984.